The molecule has 0 spiro atoms. The van der Waals surface area contributed by atoms with Crippen LogP contribution in [0.5, 0.6) is 0 Å². The maximum atomic E-state index is 13.2. The molecule has 1 atom stereocenters. The minimum atomic E-state index is -0.850. The van der Waals surface area contributed by atoms with Gasteiger partial charge in [0, 0.05) is 13.1 Å². The first-order valence-electron chi connectivity index (χ1n) is 11.5. The van der Waals surface area contributed by atoms with Crippen molar-refractivity contribution in [1.82, 2.24) is 15.1 Å². The van der Waals surface area contributed by atoms with E-state index in [4.69, 9.17) is 0 Å². The molecule has 3 amide bonds. The molecule has 0 saturated carbocycles. The van der Waals surface area contributed by atoms with Gasteiger partial charge in [0.2, 0.25) is 5.91 Å². The summed E-state index contributed by atoms with van der Waals surface area (Å²) in [6.07, 6.45) is 3.76. The summed E-state index contributed by atoms with van der Waals surface area (Å²) in [5, 5.41) is 3.00. The highest BCUT2D eigenvalue weighted by Gasteiger charge is 2.43. The molecule has 4 rings (SSSR count). The van der Waals surface area contributed by atoms with E-state index in [1.165, 1.54) is 24.8 Å². The second kappa shape index (κ2) is 9.65. The highest BCUT2D eigenvalue weighted by molar-refractivity contribution is 6.22. The summed E-state index contributed by atoms with van der Waals surface area (Å²) in [6.45, 7) is 7.18. The molecule has 1 N–H and O–H groups in total. The number of hydrogen-bond donors (Lipinski definition) is 1. The van der Waals surface area contributed by atoms with Gasteiger partial charge in [-0.3, -0.25) is 24.2 Å². The predicted molar refractivity (Wildman–Crippen MR) is 123 cm³/mol. The molecule has 2 aromatic rings. The van der Waals surface area contributed by atoms with Gasteiger partial charge in [-0.05, 0) is 55.1 Å². The molecule has 32 heavy (non-hydrogen) atoms. The van der Waals surface area contributed by atoms with Crippen LogP contribution in [0.15, 0.2) is 48.5 Å². The molecule has 2 heterocycles. The van der Waals surface area contributed by atoms with Crippen molar-refractivity contribution in [2.24, 2.45) is 5.92 Å². The van der Waals surface area contributed by atoms with E-state index in [1.54, 1.807) is 24.3 Å². The Kier molecular flexibility index (Phi) is 6.70. The van der Waals surface area contributed by atoms with Gasteiger partial charge >= 0.3 is 0 Å². The van der Waals surface area contributed by atoms with Crippen molar-refractivity contribution >= 4 is 17.7 Å². The molecule has 0 radical (unpaired) electrons. The topological polar surface area (TPSA) is 69.7 Å². The number of fused-ring (bicyclic) bond motifs is 1. The molecular weight excluding hydrogens is 402 g/mol. The molecule has 2 aliphatic heterocycles. The Balaban J connectivity index is 1.47. The molecule has 0 bridgehead atoms. The van der Waals surface area contributed by atoms with Crippen LogP contribution in [-0.2, 0) is 17.9 Å². The summed E-state index contributed by atoms with van der Waals surface area (Å²) in [7, 11) is 0. The van der Waals surface area contributed by atoms with Crippen molar-refractivity contribution < 1.29 is 14.4 Å². The quantitative estimate of drug-likeness (QED) is 0.678. The number of nitrogens with one attached hydrogen (secondary N) is 1. The van der Waals surface area contributed by atoms with Gasteiger partial charge in [0.1, 0.15) is 6.04 Å². The maximum absolute atomic E-state index is 13.2. The number of amides is 3. The van der Waals surface area contributed by atoms with E-state index in [2.05, 4.69) is 16.3 Å². The number of carbonyl (C=O) groups excluding carboxylic acids is 3. The largest absolute Gasteiger partial charge is 0.350 e. The Hall–Kier alpha value is -2.99. The van der Waals surface area contributed by atoms with Gasteiger partial charge in [-0.15, -0.1) is 0 Å². The lowest BCUT2D eigenvalue weighted by Crippen LogP contribution is -2.52. The minimum Gasteiger partial charge on any atom is -0.350 e. The molecule has 1 unspecified atom stereocenters. The first-order chi connectivity index (χ1) is 15.5. The van der Waals surface area contributed by atoms with Gasteiger partial charge < -0.3 is 5.32 Å². The highest BCUT2D eigenvalue weighted by Crippen LogP contribution is 2.27. The van der Waals surface area contributed by atoms with Crippen molar-refractivity contribution in [3.63, 3.8) is 0 Å². The van der Waals surface area contributed by atoms with Crippen molar-refractivity contribution in [1.29, 1.82) is 0 Å². The molecule has 1 fully saturated rings. The summed E-state index contributed by atoms with van der Waals surface area (Å²) < 4.78 is 0. The smallest absolute Gasteiger partial charge is 0.262 e. The van der Waals surface area contributed by atoms with Gasteiger partial charge in [0.15, 0.2) is 0 Å². The summed E-state index contributed by atoms with van der Waals surface area (Å²) in [6, 6.07) is 14.0. The zero-order valence-electron chi connectivity index (χ0n) is 18.8. The normalized spacial score (nSPS) is 17.5. The minimum absolute atomic E-state index is 0.208. The fraction of sp³-hybridized carbons (Fsp3) is 0.423. The summed E-state index contributed by atoms with van der Waals surface area (Å²) in [4.78, 5) is 42.7. The van der Waals surface area contributed by atoms with Crippen LogP contribution in [0.25, 0.3) is 0 Å². The summed E-state index contributed by atoms with van der Waals surface area (Å²) >= 11 is 0. The van der Waals surface area contributed by atoms with Crippen LogP contribution in [0.2, 0.25) is 0 Å². The SMILES string of the molecule is CC(C)C(C(=O)NCc1ccccc1CN1CCCCC1)N1C(=O)c2ccccc2C1=O. The number of hydrogen-bond acceptors (Lipinski definition) is 4. The Morgan fingerprint density at radius 1 is 0.875 bits per heavy atom. The number of likely N-dealkylation sites (tertiary alicyclic amines) is 1. The van der Waals surface area contributed by atoms with Crippen LogP contribution in [0.3, 0.4) is 0 Å². The van der Waals surface area contributed by atoms with E-state index in [1.807, 2.05) is 32.0 Å². The van der Waals surface area contributed by atoms with Crippen LogP contribution in [0.1, 0.15) is 65.0 Å². The molecule has 1 saturated heterocycles. The van der Waals surface area contributed by atoms with E-state index in [-0.39, 0.29) is 11.8 Å². The predicted octanol–water partition coefficient (Wildman–Crippen LogP) is 3.61. The fourth-order valence-electron chi connectivity index (χ4n) is 4.71. The van der Waals surface area contributed by atoms with Gasteiger partial charge in [-0.2, -0.15) is 0 Å². The third-order valence-corrected chi connectivity index (χ3v) is 6.42. The summed E-state index contributed by atoms with van der Waals surface area (Å²) in [5.74, 6) is -1.31. The number of piperidine rings is 1. The molecule has 6 heteroatoms. The van der Waals surface area contributed by atoms with Crippen molar-refractivity contribution in [2.75, 3.05) is 13.1 Å². The van der Waals surface area contributed by atoms with Crippen LogP contribution in [-0.4, -0.2) is 46.7 Å². The fourth-order valence-corrected chi connectivity index (χ4v) is 4.71. The molecule has 0 aromatic heterocycles. The van der Waals surface area contributed by atoms with E-state index in [9.17, 15) is 14.4 Å². The molecule has 6 nitrogen and oxygen atoms in total. The van der Waals surface area contributed by atoms with E-state index in [0.717, 1.165) is 30.1 Å². The second-order valence-corrected chi connectivity index (χ2v) is 9.04. The van der Waals surface area contributed by atoms with Crippen molar-refractivity contribution in [3.05, 3.63) is 70.8 Å². The molecular formula is C26H31N3O3. The average Bonchev–Trinajstić information content (AvgIpc) is 3.05. The zero-order valence-corrected chi connectivity index (χ0v) is 18.8. The Morgan fingerprint density at radius 3 is 2.03 bits per heavy atom. The summed E-state index contributed by atoms with van der Waals surface area (Å²) in [5.41, 5.74) is 3.00. The van der Waals surface area contributed by atoms with Crippen LogP contribution >= 0.6 is 0 Å². The van der Waals surface area contributed by atoms with Crippen molar-refractivity contribution in [3.8, 4) is 0 Å². The highest BCUT2D eigenvalue weighted by atomic mass is 16.2. The van der Waals surface area contributed by atoms with Gasteiger partial charge in [0.25, 0.3) is 11.8 Å². The van der Waals surface area contributed by atoms with Crippen LogP contribution in [0.4, 0.5) is 0 Å². The van der Waals surface area contributed by atoms with Gasteiger partial charge in [-0.1, -0.05) is 56.7 Å². The standard InChI is InChI=1S/C26H31N3O3/c1-18(2)23(29-25(31)21-12-6-7-13-22(21)26(29)32)24(30)27-16-19-10-4-5-11-20(19)17-28-14-8-3-9-15-28/h4-7,10-13,18,23H,3,8-9,14-17H2,1-2H3,(H,27,30). The second-order valence-electron chi connectivity index (χ2n) is 9.04. The average molecular weight is 434 g/mol. The maximum Gasteiger partial charge on any atom is 0.262 e. The van der Waals surface area contributed by atoms with Crippen LogP contribution < -0.4 is 5.32 Å². The first-order valence-corrected chi connectivity index (χ1v) is 11.5. The lowest BCUT2D eigenvalue weighted by Gasteiger charge is -2.29. The molecule has 2 aromatic carbocycles. The molecule has 0 aliphatic carbocycles. The number of nitrogens with zero attached hydrogens (tertiary/aromatic N) is 2. The third kappa shape index (κ3) is 4.46. The van der Waals surface area contributed by atoms with Crippen LogP contribution in [0, 0.1) is 5.92 Å². The zero-order chi connectivity index (χ0) is 22.7. The van der Waals surface area contributed by atoms with Gasteiger partial charge in [-0.25, -0.2) is 0 Å². The van der Waals surface area contributed by atoms with Gasteiger partial charge in [0.05, 0.1) is 11.1 Å². The molecule has 168 valence electrons. The Labute approximate surface area is 189 Å². The first kappa shape index (κ1) is 22.2. The number of rotatable bonds is 7. The number of benzene rings is 2. The third-order valence-electron chi connectivity index (χ3n) is 6.42. The van der Waals surface area contributed by atoms with Crippen molar-refractivity contribution in [2.45, 2.75) is 52.2 Å². The Bertz CT molecular complexity index is 976. The Morgan fingerprint density at radius 2 is 1.44 bits per heavy atom. The van der Waals surface area contributed by atoms with E-state index < -0.39 is 17.9 Å². The lowest BCUT2D eigenvalue weighted by molar-refractivity contribution is -0.126. The number of imide groups is 1. The van der Waals surface area contributed by atoms with E-state index in [0.29, 0.717) is 17.7 Å². The molecule has 2 aliphatic rings. The van der Waals surface area contributed by atoms with E-state index >= 15 is 0 Å². The number of carbonyl (C=O) groups is 3. The monoisotopic (exact) mass is 433 g/mol. The lowest BCUT2D eigenvalue weighted by atomic mass is 10.0.